The third-order valence-electron chi connectivity index (χ3n) is 1.49. The minimum atomic E-state index is -0.375. The Balaban J connectivity index is 0.000000293. The van der Waals surface area contributed by atoms with E-state index in [1.54, 1.807) is 0 Å². The van der Waals surface area contributed by atoms with Crippen molar-refractivity contribution in [3.05, 3.63) is 35.9 Å². The van der Waals surface area contributed by atoms with E-state index in [0.29, 0.717) is 0 Å². The minimum Gasteiger partial charge on any atom is -0.396 e. The average Bonchev–Trinajstić information content (AvgIpc) is 2.18. The van der Waals surface area contributed by atoms with Gasteiger partial charge in [-0.3, -0.25) is 5.41 Å². The van der Waals surface area contributed by atoms with Crippen molar-refractivity contribution in [3.8, 4) is 0 Å². The Bertz CT molecular complexity index is 332. The molecule has 6 heteroatoms. The van der Waals surface area contributed by atoms with Gasteiger partial charge in [-0.05, 0) is 12.0 Å². The molecule has 0 unspecified atom stereocenters. The van der Waals surface area contributed by atoms with Crippen molar-refractivity contribution in [3.63, 3.8) is 0 Å². The molecule has 0 aliphatic carbocycles. The maximum absolute atomic E-state index is 8.52. The van der Waals surface area contributed by atoms with Gasteiger partial charge in [0.2, 0.25) is 5.96 Å². The van der Waals surface area contributed by atoms with E-state index >= 15 is 0 Å². The fourth-order valence-corrected chi connectivity index (χ4v) is 0.913. The molecule has 0 amide bonds. The van der Waals surface area contributed by atoms with Gasteiger partial charge in [0.05, 0.1) is 0 Å². The minimum absolute atomic E-state index is 0.187. The molecule has 8 N–H and O–H groups in total. The van der Waals surface area contributed by atoms with Crippen LogP contribution < -0.4 is 17.2 Å². The molecular weight excluding hydrogens is 206 g/mol. The summed E-state index contributed by atoms with van der Waals surface area (Å²) in [5.74, 6) is -0.562. The third kappa shape index (κ3) is 8.52. The number of nitrogens with zero attached hydrogens (tertiary/aromatic N) is 1. The van der Waals surface area contributed by atoms with Crippen LogP contribution in [0.5, 0.6) is 0 Å². The van der Waals surface area contributed by atoms with Crippen LogP contribution in [0.4, 0.5) is 0 Å². The van der Waals surface area contributed by atoms with Gasteiger partial charge in [-0.25, -0.2) is 0 Å². The lowest BCUT2D eigenvalue weighted by molar-refractivity contribution is 0.299. The first-order valence-electron chi connectivity index (χ1n) is 4.64. The standard InChI is InChI=1S/C8H10O.C2H7N5/c9-7-6-8-4-2-1-3-5-8;3-1(4)7-2(5)6/h1-5,9H,6-7H2;(H7,3,4,5,6,7). The average molecular weight is 223 g/mol. The summed E-state index contributed by atoms with van der Waals surface area (Å²) in [5.41, 5.74) is 15.5. The maximum Gasteiger partial charge on any atom is 0.215 e. The molecule has 1 rings (SSSR count). The van der Waals surface area contributed by atoms with Crippen molar-refractivity contribution in [2.45, 2.75) is 6.42 Å². The second-order valence-electron chi connectivity index (χ2n) is 2.88. The van der Waals surface area contributed by atoms with Crippen LogP contribution >= 0.6 is 0 Å². The smallest absolute Gasteiger partial charge is 0.215 e. The monoisotopic (exact) mass is 223 g/mol. The largest absolute Gasteiger partial charge is 0.396 e. The third-order valence-corrected chi connectivity index (χ3v) is 1.49. The molecular formula is C10H17N5O. The number of nitrogens with one attached hydrogen (secondary N) is 1. The summed E-state index contributed by atoms with van der Waals surface area (Å²) in [6.45, 7) is 0.240. The van der Waals surface area contributed by atoms with Crippen LogP contribution in [-0.2, 0) is 6.42 Å². The lowest BCUT2D eigenvalue weighted by atomic mass is 10.2. The van der Waals surface area contributed by atoms with Crippen LogP contribution in [0.3, 0.4) is 0 Å². The van der Waals surface area contributed by atoms with Crippen molar-refractivity contribution in [2.75, 3.05) is 6.61 Å². The van der Waals surface area contributed by atoms with Gasteiger partial charge < -0.3 is 22.3 Å². The van der Waals surface area contributed by atoms with Crippen LogP contribution in [0.25, 0.3) is 0 Å². The van der Waals surface area contributed by atoms with Crippen LogP contribution in [0.1, 0.15) is 5.56 Å². The van der Waals surface area contributed by atoms with Crippen molar-refractivity contribution in [1.82, 2.24) is 0 Å². The Labute approximate surface area is 94.3 Å². The van der Waals surface area contributed by atoms with E-state index in [2.05, 4.69) is 4.99 Å². The van der Waals surface area contributed by atoms with Gasteiger partial charge in [0, 0.05) is 6.61 Å². The molecule has 0 spiro atoms. The Morgan fingerprint density at radius 1 is 1.19 bits per heavy atom. The van der Waals surface area contributed by atoms with Gasteiger partial charge >= 0.3 is 0 Å². The lowest BCUT2D eigenvalue weighted by Crippen LogP contribution is -2.25. The number of hydrogen-bond donors (Lipinski definition) is 5. The first-order chi connectivity index (χ1) is 7.56. The fraction of sp³-hybridized carbons (Fsp3) is 0.200. The van der Waals surface area contributed by atoms with Gasteiger partial charge in [-0.2, -0.15) is 4.99 Å². The quantitative estimate of drug-likeness (QED) is 0.337. The van der Waals surface area contributed by atoms with E-state index in [0.717, 1.165) is 6.42 Å². The van der Waals surface area contributed by atoms with Crippen LogP contribution in [-0.4, -0.2) is 23.6 Å². The Hall–Kier alpha value is -2.08. The van der Waals surface area contributed by atoms with Crippen LogP contribution in [0.2, 0.25) is 0 Å². The zero-order valence-corrected chi connectivity index (χ0v) is 8.93. The number of rotatable bonds is 2. The number of aliphatic hydroxyl groups excluding tert-OH is 1. The molecule has 0 atom stereocenters. The predicted molar refractivity (Wildman–Crippen MR) is 65.0 cm³/mol. The van der Waals surface area contributed by atoms with Gasteiger partial charge in [0.15, 0.2) is 5.96 Å². The van der Waals surface area contributed by atoms with E-state index in [-0.39, 0.29) is 18.5 Å². The first kappa shape index (κ1) is 13.9. The van der Waals surface area contributed by atoms with Crippen LogP contribution in [0.15, 0.2) is 35.3 Å². The van der Waals surface area contributed by atoms with E-state index in [1.807, 2.05) is 30.3 Å². The molecule has 0 aliphatic heterocycles. The highest BCUT2D eigenvalue weighted by atomic mass is 16.2. The number of guanidine groups is 2. The van der Waals surface area contributed by atoms with E-state index in [9.17, 15) is 0 Å². The van der Waals surface area contributed by atoms with Crippen LogP contribution in [0, 0.1) is 5.41 Å². The van der Waals surface area contributed by atoms with Gasteiger partial charge in [-0.1, -0.05) is 30.3 Å². The first-order valence-corrected chi connectivity index (χ1v) is 4.64. The molecule has 0 bridgehead atoms. The van der Waals surface area contributed by atoms with Crippen molar-refractivity contribution in [2.24, 2.45) is 22.2 Å². The molecule has 0 aliphatic rings. The molecule has 1 aromatic carbocycles. The van der Waals surface area contributed by atoms with E-state index in [4.69, 9.17) is 27.7 Å². The molecule has 6 nitrogen and oxygen atoms in total. The number of aliphatic hydroxyl groups is 1. The number of benzene rings is 1. The summed E-state index contributed by atoms with van der Waals surface area (Å²) >= 11 is 0. The SMILES string of the molecule is N=C(N)N=C(N)N.OCCc1ccccc1. The summed E-state index contributed by atoms with van der Waals surface area (Å²) in [6.07, 6.45) is 0.765. The highest BCUT2D eigenvalue weighted by Crippen LogP contribution is 1.97. The number of hydrogen-bond acceptors (Lipinski definition) is 2. The molecule has 0 heterocycles. The normalized spacial score (nSPS) is 8.56. The van der Waals surface area contributed by atoms with Gasteiger partial charge in [0.1, 0.15) is 0 Å². The van der Waals surface area contributed by atoms with Crippen molar-refractivity contribution in [1.29, 1.82) is 5.41 Å². The second kappa shape index (κ2) is 8.25. The Morgan fingerprint density at radius 2 is 1.75 bits per heavy atom. The van der Waals surface area contributed by atoms with Crippen molar-refractivity contribution >= 4 is 11.9 Å². The fourth-order valence-electron chi connectivity index (χ4n) is 0.913. The lowest BCUT2D eigenvalue weighted by Gasteiger charge is -1.93. The van der Waals surface area contributed by atoms with Gasteiger partial charge in [-0.15, -0.1) is 0 Å². The number of nitrogens with two attached hydrogens (primary N) is 3. The Kier molecular flexibility index (Phi) is 7.17. The second-order valence-corrected chi connectivity index (χ2v) is 2.88. The zero-order chi connectivity index (χ0) is 12.4. The van der Waals surface area contributed by atoms with Gasteiger partial charge in [0.25, 0.3) is 0 Å². The molecule has 0 saturated heterocycles. The highest BCUT2D eigenvalue weighted by molar-refractivity contribution is 5.90. The summed E-state index contributed by atoms with van der Waals surface area (Å²) in [7, 11) is 0. The summed E-state index contributed by atoms with van der Waals surface area (Å²) in [5, 5.41) is 15.0. The predicted octanol–water partition coefficient (Wildman–Crippen LogP) is -0.625. The highest BCUT2D eigenvalue weighted by Gasteiger charge is 1.85. The molecule has 0 fully saturated rings. The van der Waals surface area contributed by atoms with E-state index < -0.39 is 0 Å². The Morgan fingerprint density at radius 3 is 2.06 bits per heavy atom. The molecule has 0 saturated carbocycles. The topological polar surface area (TPSA) is 134 Å². The van der Waals surface area contributed by atoms with E-state index in [1.165, 1.54) is 5.56 Å². The van der Waals surface area contributed by atoms with Crippen molar-refractivity contribution < 1.29 is 5.11 Å². The summed E-state index contributed by atoms with van der Waals surface area (Å²) in [6, 6.07) is 9.95. The molecule has 0 aromatic heterocycles. The molecule has 16 heavy (non-hydrogen) atoms. The molecule has 0 radical (unpaired) electrons. The molecule has 88 valence electrons. The zero-order valence-electron chi connectivity index (χ0n) is 8.93. The molecule has 1 aromatic rings. The summed E-state index contributed by atoms with van der Waals surface area (Å²) < 4.78 is 0. The maximum atomic E-state index is 8.52. The number of aliphatic imine (C=N–C) groups is 1. The summed E-state index contributed by atoms with van der Waals surface area (Å²) in [4.78, 5) is 3.11.